The van der Waals surface area contributed by atoms with Crippen LogP contribution in [0.2, 0.25) is 0 Å². The number of likely N-dealkylation sites (N-methyl/N-ethyl adjacent to an activating group) is 1. The van der Waals surface area contributed by atoms with Gasteiger partial charge in [0, 0.05) is 38.3 Å². The first-order chi connectivity index (χ1) is 9.79. The maximum Gasteiger partial charge on any atom is 0.0455 e. The summed E-state index contributed by atoms with van der Waals surface area (Å²) < 4.78 is 0. The number of benzene rings is 1. The first-order valence-electron chi connectivity index (χ1n) is 8.09. The van der Waals surface area contributed by atoms with E-state index in [-0.39, 0.29) is 6.04 Å². The van der Waals surface area contributed by atoms with Crippen molar-refractivity contribution in [1.82, 2.24) is 9.80 Å². The molecule has 110 valence electrons. The van der Waals surface area contributed by atoms with Crippen LogP contribution in [0.1, 0.15) is 36.9 Å². The van der Waals surface area contributed by atoms with Gasteiger partial charge < -0.3 is 10.6 Å². The molecule has 3 nitrogen and oxygen atoms in total. The van der Waals surface area contributed by atoms with Gasteiger partial charge in [-0.3, -0.25) is 4.90 Å². The molecule has 1 heterocycles. The molecule has 0 saturated carbocycles. The quantitative estimate of drug-likeness (QED) is 0.837. The molecule has 2 atom stereocenters. The maximum absolute atomic E-state index is 6.63. The summed E-state index contributed by atoms with van der Waals surface area (Å²) in [5, 5.41) is 0. The summed E-state index contributed by atoms with van der Waals surface area (Å²) >= 11 is 0. The second kappa shape index (κ2) is 6.25. The summed E-state index contributed by atoms with van der Waals surface area (Å²) in [4.78, 5) is 5.17. The molecule has 2 aliphatic rings. The molecule has 2 unspecified atom stereocenters. The number of nitrogens with zero attached hydrogens (tertiary/aromatic N) is 2. The fourth-order valence-electron chi connectivity index (χ4n) is 3.80. The van der Waals surface area contributed by atoms with Crippen LogP contribution >= 0.6 is 0 Å². The van der Waals surface area contributed by atoms with Gasteiger partial charge in [-0.1, -0.05) is 31.2 Å². The van der Waals surface area contributed by atoms with Gasteiger partial charge in [0.05, 0.1) is 0 Å². The Morgan fingerprint density at radius 2 is 1.90 bits per heavy atom. The summed E-state index contributed by atoms with van der Waals surface area (Å²) in [6, 6.07) is 9.48. The Labute approximate surface area is 122 Å². The predicted molar refractivity (Wildman–Crippen MR) is 83.8 cm³/mol. The highest BCUT2D eigenvalue weighted by atomic mass is 15.3. The van der Waals surface area contributed by atoms with E-state index >= 15 is 0 Å². The average molecular weight is 273 g/mol. The van der Waals surface area contributed by atoms with Crippen LogP contribution in [0.5, 0.6) is 0 Å². The van der Waals surface area contributed by atoms with Gasteiger partial charge in [0.25, 0.3) is 0 Å². The Morgan fingerprint density at radius 3 is 2.65 bits per heavy atom. The van der Waals surface area contributed by atoms with Crippen LogP contribution < -0.4 is 5.73 Å². The van der Waals surface area contributed by atoms with Crippen LogP contribution in [0.4, 0.5) is 0 Å². The van der Waals surface area contributed by atoms with Gasteiger partial charge in [-0.15, -0.1) is 0 Å². The largest absolute Gasteiger partial charge is 0.323 e. The molecule has 1 aliphatic carbocycles. The minimum Gasteiger partial charge on any atom is -0.323 e. The van der Waals surface area contributed by atoms with Gasteiger partial charge in [0.1, 0.15) is 0 Å². The number of piperazine rings is 1. The van der Waals surface area contributed by atoms with E-state index < -0.39 is 0 Å². The fourth-order valence-corrected chi connectivity index (χ4v) is 3.80. The van der Waals surface area contributed by atoms with E-state index in [4.69, 9.17) is 5.73 Å². The standard InChI is InChI=1S/C17H27N3/c1-2-19-10-12-20(13-11-19)16-9-5-7-14-6-3-4-8-15(14)17(16)18/h3-4,6,8,16-17H,2,5,7,9-13,18H2,1H3. The zero-order chi connectivity index (χ0) is 13.9. The lowest BCUT2D eigenvalue weighted by Gasteiger charge is -2.41. The molecule has 0 bridgehead atoms. The molecule has 3 heteroatoms. The normalized spacial score (nSPS) is 28.9. The molecule has 0 amide bonds. The zero-order valence-electron chi connectivity index (χ0n) is 12.6. The van der Waals surface area contributed by atoms with E-state index in [9.17, 15) is 0 Å². The van der Waals surface area contributed by atoms with Gasteiger partial charge >= 0.3 is 0 Å². The summed E-state index contributed by atoms with van der Waals surface area (Å²) in [7, 11) is 0. The average Bonchev–Trinajstić information content (AvgIpc) is 2.67. The Hall–Kier alpha value is -0.900. The second-order valence-corrected chi connectivity index (χ2v) is 6.15. The lowest BCUT2D eigenvalue weighted by Crippen LogP contribution is -2.52. The third-order valence-corrected chi connectivity index (χ3v) is 5.10. The molecule has 1 aliphatic heterocycles. The first kappa shape index (κ1) is 14.1. The van der Waals surface area contributed by atoms with E-state index in [2.05, 4.69) is 41.0 Å². The molecule has 1 aromatic carbocycles. The number of nitrogens with two attached hydrogens (primary N) is 1. The van der Waals surface area contributed by atoms with Crippen LogP contribution in [-0.2, 0) is 6.42 Å². The van der Waals surface area contributed by atoms with Gasteiger partial charge in [-0.05, 0) is 36.9 Å². The van der Waals surface area contributed by atoms with E-state index in [0.717, 1.165) is 0 Å². The summed E-state index contributed by atoms with van der Waals surface area (Å²) in [6.07, 6.45) is 3.70. The van der Waals surface area contributed by atoms with E-state index in [0.29, 0.717) is 6.04 Å². The Kier molecular flexibility index (Phi) is 4.39. The molecular weight excluding hydrogens is 246 g/mol. The second-order valence-electron chi connectivity index (χ2n) is 6.15. The molecule has 0 aromatic heterocycles. The number of hydrogen-bond donors (Lipinski definition) is 1. The SMILES string of the molecule is CCN1CCN(C2CCCc3ccccc3C2N)CC1. The number of fused-ring (bicyclic) bond motifs is 1. The van der Waals surface area contributed by atoms with Crippen molar-refractivity contribution >= 4 is 0 Å². The fraction of sp³-hybridized carbons (Fsp3) is 0.647. The monoisotopic (exact) mass is 273 g/mol. The van der Waals surface area contributed by atoms with Crippen molar-refractivity contribution in [2.75, 3.05) is 32.7 Å². The molecule has 1 saturated heterocycles. The molecular formula is C17H27N3. The van der Waals surface area contributed by atoms with Crippen molar-refractivity contribution in [2.45, 2.75) is 38.3 Å². The van der Waals surface area contributed by atoms with E-state index in [1.54, 1.807) is 0 Å². The van der Waals surface area contributed by atoms with Crippen molar-refractivity contribution in [3.63, 3.8) is 0 Å². The van der Waals surface area contributed by atoms with Crippen LogP contribution in [-0.4, -0.2) is 48.6 Å². The van der Waals surface area contributed by atoms with Crippen molar-refractivity contribution in [3.8, 4) is 0 Å². The Balaban J connectivity index is 1.74. The topological polar surface area (TPSA) is 32.5 Å². The summed E-state index contributed by atoms with van der Waals surface area (Å²) in [5.74, 6) is 0. The predicted octanol–water partition coefficient (Wildman–Crippen LogP) is 2.03. The highest BCUT2D eigenvalue weighted by Crippen LogP contribution is 2.30. The Morgan fingerprint density at radius 1 is 1.15 bits per heavy atom. The molecule has 3 rings (SSSR count). The number of hydrogen-bond acceptors (Lipinski definition) is 3. The van der Waals surface area contributed by atoms with E-state index in [1.807, 2.05) is 0 Å². The van der Waals surface area contributed by atoms with E-state index in [1.165, 1.54) is 63.1 Å². The summed E-state index contributed by atoms with van der Waals surface area (Å²) in [6.45, 7) is 8.17. The van der Waals surface area contributed by atoms with Crippen molar-refractivity contribution in [1.29, 1.82) is 0 Å². The van der Waals surface area contributed by atoms with Crippen molar-refractivity contribution in [2.24, 2.45) is 5.73 Å². The summed E-state index contributed by atoms with van der Waals surface area (Å²) in [5.41, 5.74) is 9.48. The highest BCUT2D eigenvalue weighted by molar-refractivity contribution is 5.32. The lowest BCUT2D eigenvalue weighted by atomic mass is 9.95. The van der Waals surface area contributed by atoms with Crippen LogP contribution in [0.25, 0.3) is 0 Å². The van der Waals surface area contributed by atoms with Crippen LogP contribution in [0, 0.1) is 0 Å². The van der Waals surface area contributed by atoms with Crippen molar-refractivity contribution in [3.05, 3.63) is 35.4 Å². The molecule has 0 radical (unpaired) electrons. The van der Waals surface area contributed by atoms with Crippen molar-refractivity contribution < 1.29 is 0 Å². The molecule has 1 aromatic rings. The van der Waals surface area contributed by atoms with Gasteiger partial charge in [-0.2, -0.15) is 0 Å². The number of rotatable bonds is 2. The van der Waals surface area contributed by atoms with Crippen LogP contribution in [0.3, 0.4) is 0 Å². The molecule has 20 heavy (non-hydrogen) atoms. The zero-order valence-corrected chi connectivity index (χ0v) is 12.6. The molecule has 2 N–H and O–H groups in total. The number of aryl methyl sites for hydroxylation is 1. The van der Waals surface area contributed by atoms with Crippen LogP contribution in [0.15, 0.2) is 24.3 Å². The first-order valence-corrected chi connectivity index (χ1v) is 8.09. The minimum atomic E-state index is 0.182. The third kappa shape index (κ3) is 2.76. The van der Waals surface area contributed by atoms with Gasteiger partial charge in [0.15, 0.2) is 0 Å². The van der Waals surface area contributed by atoms with Gasteiger partial charge in [0.2, 0.25) is 0 Å². The lowest BCUT2D eigenvalue weighted by molar-refractivity contribution is 0.0836. The maximum atomic E-state index is 6.63. The van der Waals surface area contributed by atoms with Gasteiger partial charge in [-0.25, -0.2) is 0 Å². The molecule has 0 spiro atoms. The molecule has 1 fully saturated rings. The smallest absolute Gasteiger partial charge is 0.0455 e. The third-order valence-electron chi connectivity index (χ3n) is 5.10. The highest BCUT2D eigenvalue weighted by Gasteiger charge is 2.31. The minimum absolute atomic E-state index is 0.182. The Bertz CT molecular complexity index is 438.